The van der Waals surface area contributed by atoms with E-state index in [1.807, 2.05) is 48.8 Å². The first-order valence-corrected chi connectivity index (χ1v) is 10.4. The van der Waals surface area contributed by atoms with Crippen molar-refractivity contribution in [3.63, 3.8) is 0 Å². The average molecular weight is 409 g/mol. The SMILES string of the molecule is COc1cccc(-c2ccc(CN3CCc4nc(-c5cccnc5)ncc4C3)cn2)c1. The van der Waals surface area contributed by atoms with Crippen LogP contribution >= 0.6 is 0 Å². The summed E-state index contributed by atoms with van der Waals surface area (Å²) < 4.78 is 5.31. The minimum atomic E-state index is 0.748. The van der Waals surface area contributed by atoms with Crippen LogP contribution in [0.4, 0.5) is 0 Å². The van der Waals surface area contributed by atoms with E-state index in [1.165, 1.54) is 11.1 Å². The molecule has 0 amide bonds. The van der Waals surface area contributed by atoms with Crippen LogP contribution in [0.3, 0.4) is 0 Å². The number of nitrogens with zero attached hydrogens (tertiary/aromatic N) is 5. The Morgan fingerprint density at radius 3 is 2.71 bits per heavy atom. The van der Waals surface area contributed by atoms with Crippen molar-refractivity contribution in [1.82, 2.24) is 24.8 Å². The molecule has 1 aliphatic rings. The smallest absolute Gasteiger partial charge is 0.160 e. The van der Waals surface area contributed by atoms with Crippen molar-refractivity contribution < 1.29 is 4.74 Å². The molecule has 5 rings (SSSR count). The number of aromatic nitrogens is 4. The van der Waals surface area contributed by atoms with Gasteiger partial charge in [-0.1, -0.05) is 18.2 Å². The van der Waals surface area contributed by atoms with E-state index in [1.54, 1.807) is 19.5 Å². The van der Waals surface area contributed by atoms with Gasteiger partial charge in [0.2, 0.25) is 0 Å². The fraction of sp³-hybridized carbons (Fsp3) is 0.200. The van der Waals surface area contributed by atoms with Crippen molar-refractivity contribution >= 4 is 0 Å². The lowest BCUT2D eigenvalue weighted by atomic mass is 10.1. The number of benzene rings is 1. The van der Waals surface area contributed by atoms with E-state index in [-0.39, 0.29) is 0 Å². The first-order chi connectivity index (χ1) is 15.3. The minimum absolute atomic E-state index is 0.748. The highest BCUT2D eigenvalue weighted by Gasteiger charge is 2.19. The van der Waals surface area contributed by atoms with E-state index in [0.29, 0.717) is 0 Å². The van der Waals surface area contributed by atoms with Gasteiger partial charge in [0.15, 0.2) is 5.82 Å². The highest BCUT2D eigenvalue weighted by Crippen LogP contribution is 2.24. The molecule has 6 nitrogen and oxygen atoms in total. The molecule has 3 aromatic heterocycles. The van der Waals surface area contributed by atoms with Crippen molar-refractivity contribution in [1.29, 1.82) is 0 Å². The molecule has 0 N–H and O–H groups in total. The second-order valence-electron chi connectivity index (χ2n) is 7.65. The summed E-state index contributed by atoms with van der Waals surface area (Å²) in [7, 11) is 1.68. The summed E-state index contributed by atoms with van der Waals surface area (Å²) in [4.78, 5) is 20.6. The number of pyridine rings is 2. The van der Waals surface area contributed by atoms with E-state index in [0.717, 1.165) is 60.1 Å². The Bertz CT molecular complexity index is 1180. The highest BCUT2D eigenvalue weighted by molar-refractivity contribution is 5.61. The fourth-order valence-corrected chi connectivity index (χ4v) is 3.87. The summed E-state index contributed by atoms with van der Waals surface area (Å²) in [6, 6.07) is 16.1. The van der Waals surface area contributed by atoms with Gasteiger partial charge >= 0.3 is 0 Å². The molecular formula is C25H23N5O. The Hall–Kier alpha value is -3.64. The van der Waals surface area contributed by atoms with Gasteiger partial charge in [-0.15, -0.1) is 0 Å². The van der Waals surface area contributed by atoms with Crippen LogP contribution in [0, 0.1) is 0 Å². The third-order valence-corrected chi connectivity index (χ3v) is 5.53. The van der Waals surface area contributed by atoms with Crippen LogP contribution in [0.25, 0.3) is 22.6 Å². The lowest BCUT2D eigenvalue weighted by Gasteiger charge is -2.28. The molecule has 6 heteroatoms. The number of rotatable bonds is 5. The van der Waals surface area contributed by atoms with Crippen LogP contribution in [-0.2, 0) is 19.5 Å². The van der Waals surface area contributed by atoms with Gasteiger partial charge in [-0.25, -0.2) is 9.97 Å². The molecule has 0 saturated heterocycles. The first-order valence-electron chi connectivity index (χ1n) is 10.4. The van der Waals surface area contributed by atoms with Crippen molar-refractivity contribution in [3.8, 4) is 28.4 Å². The van der Waals surface area contributed by atoms with Gasteiger partial charge in [0.05, 0.1) is 18.5 Å². The molecule has 0 bridgehead atoms. The molecule has 0 atom stereocenters. The highest BCUT2D eigenvalue weighted by atomic mass is 16.5. The Morgan fingerprint density at radius 1 is 0.968 bits per heavy atom. The molecule has 4 aromatic rings. The maximum absolute atomic E-state index is 5.31. The molecular weight excluding hydrogens is 386 g/mol. The van der Waals surface area contributed by atoms with Crippen LogP contribution in [0.1, 0.15) is 16.8 Å². The summed E-state index contributed by atoms with van der Waals surface area (Å²) in [6.07, 6.45) is 8.41. The number of ether oxygens (including phenoxy) is 1. The van der Waals surface area contributed by atoms with Crippen LogP contribution in [0.15, 0.2) is 73.3 Å². The molecule has 0 spiro atoms. The van der Waals surface area contributed by atoms with Crippen LogP contribution in [-0.4, -0.2) is 38.5 Å². The summed E-state index contributed by atoms with van der Waals surface area (Å²) in [5.74, 6) is 1.59. The van der Waals surface area contributed by atoms with Gasteiger partial charge in [-0.2, -0.15) is 0 Å². The normalized spacial score (nSPS) is 13.6. The average Bonchev–Trinajstić information content (AvgIpc) is 2.85. The standard InChI is InChI=1S/C25H23N5O/c1-31-22-6-2-4-19(12-22)23-8-7-18(13-27-23)16-30-11-9-24-21(17-30)15-28-25(29-24)20-5-3-10-26-14-20/h2-8,10,12-15H,9,11,16-17H2,1H3. The molecule has 1 aromatic carbocycles. The van der Waals surface area contributed by atoms with Crippen molar-refractivity contribution in [2.75, 3.05) is 13.7 Å². The van der Waals surface area contributed by atoms with E-state index in [9.17, 15) is 0 Å². The molecule has 0 unspecified atom stereocenters. The maximum atomic E-state index is 5.31. The lowest BCUT2D eigenvalue weighted by molar-refractivity contribution is 0.242. The number of hydrogen-bond acceptors (Lipinski definition) is 6. The largest absolute Gasteiger partial charge is 0.497 e. The maximum Gasteiger partial charge on any atom is 0.160 e. The Labute approximate surface area is 181 Å². The third-order valence-electron chi connectivity index (χ3n) is 5.53. The van der Waals surface area contributed by atoms with Gasteiger partial charge in [0.1, 0.15) is 5.75 Å². The fourth-order valence-electron chi connectivity index (χ4n) is 3.87. The first kappa shape index (κ1) is 19.3. The topological polar surface area (TPSA) is 64.0 Å². The molecule has 0 radical (unpaired) electrons. The van der Waals surface area contributed by atoms with Crippen LogP contribution < -0.4 is 4.74 Å². The monoisotopic (exact) mass is 409 g/mol. The molecule has 31 heavy (non-hydrogen) atoms. The summed E-state index contributed by atoms with van der Waals surface area (Å²) in [6.45, 7) is 2.67. The van der Waals surface area contributed by atoms with Crippen molar-refractivity contribution in [3.05, 3.63) is 90.1 Å². The van der Waals surface area contributed by atoms with E-state index in [4.69, 9.17) is 9.72 Å². The molecule has 154 valence electrons. The zero-order valence-corrected chi connectivity index (χ0v) is 17.4. The van der Waals surface area contributed by atoms with Crippen LogP contribution in [0.2, 0.25) is 0 Å². The Balaban J connectivity index is 1.27. The Kier molecular flexibility index (Phi) is 5.37. The van der Waals surface area contributed by atoms with Gasteiger partial charge in [-0.05, 0) is 35.9 Å². The van der Waals surface area contributed by atoms with E-state index in [2.05, 4.69) is 32.0 Å². The number of hydrogen-bond donors (Lipinski definition) is 0. The summed E-state index contributed by atoms with van der Waals surface area (Å²) in [5.41, 5.74) is 6.48. The Morgan fingerprint density at radius 2 is 1.90 bits per heavy atom. The van der Waals surface area contributed by atoms with E-state index >= 15 is 0 Å². The molecule has 0 saturated carbocycles. The molecule has 0 aliphatic carbocycles. The predicted molar refractivity (Wildman–Crippen MR) is 119 cm³/mol. The van der Waals surface area contributed by atoms with Gasteiger partial charge in [-0.3, -0.25) is 14.9 Å². The number of methoxy groups -OCH3 is 1. The predicted octanol–water partition coefficient (Wildman–Crippen LogP) is 4.17. The second-order valence-corrected chi connectivity index (χ2v) is 7.65. The zero-order chi connectivity index (χ0) is 21.0. The van der Waals surface area contributed by atoms with Gasteiger partial charge in [0.25, 0.3) is 0 Å². The molecule has 4 heterocycles. The summed E-state index contributed by atoms with van der Waals surface area (Å²) >= 11 is 0. The quantitative estimate of drug-likeness (QED) is 0.493. The minimum Gasteiger partial charge on any atom is -0.497 e. The van der Waals surface area contributed by atoms with Crippen molar-refractivity contribution in [2.45, 2.75) is 19.5 Å². The second kappa shape index (κ2) is 8.62. The zero-order valence-electron chi connectivity index (χ0n) is 17.4. The molecule has 1 aliphatic heterocycles. The van der Waals surface area contributed by atoms with E-state index < -0.39 is 0 Å². The van der Waals surface area contributed by atoms with Crippen molar-refractivity contribution in [2.24, 2.45) is 0 Å². The lowest BCUT2D eigenvalue weighted by Crippen LogP contribution is -2.31. The molecule has 0 fully saturated rings. The van der Waals surface area contributed by atoms with Gasteiger partial charge in [0, 0.05) is 67.5 Å². The van der Waals surface area contributed by atoms with Crippen LogP contribution in [0.5, 0.6) is 5.75 Å². The number of fused-ring (bicyclic) bond motifs is 1. The third kappa shape index (κ3) is 4.29. The van der Waals surface area contributed by atoms with Gasteiger partial charge < -0.3 is 4.74 Å². The summed E-state index contributed by atoms with van der Waals surface area (Å²) in [5, 5.41) is 0.